The van der Waals surface area contributed by atoms with Crippen LogP contribution in [0.2, 0.25) is 0 Å². The fraction of sp³-hybridized carbons (Fsp3) is 0.875. The first kappa shape index (κ1) is 17.2. The van der Waals surface area contributed by atoms with Gasteiger partial charge in [-0.05, 0) is 6.42 Å². The minimum Gasteiger partial charge on any atom is -0.481 e. The molecule has 72 valence electrons. The number of rotatable bonds is 4. The van der Waals surface area contributed by atoms with Crippen molar-refractivity contribution in [3.8, 4) is 0 Å². The first-order chi connectivity index (χ1) is 4.77. The Morgan fingerprint density at radius 1 is 1.27 bits per heavy atom. The number of carboxylic acids is 1. The normalized spacial score (nSPS) is 7.18. The third-order valence-corrected chi connectivity index (χ3v) is 0.994. The van der Waals surface area contributed by atoms with Crippen molar-refractivity contribution in [2.45, 2.75) is 46.5 Å². The van der Waals surface area contributed by atoms with Crippen LogP contribution in [0.5, 0.6) is 0 Å². The van der Waals surface area contributed by atoms with E-state index in [1.807, 2.05) is 13.8 Å². The Labute approximate surface area is 79.3 Å². The number of hydrogen-bond donors (Lipinski definition) is 1. The van der Waals surface area contributed by atoms with Crippen molar-refractivity contribution in [1.29, 1.82) is 0 Å². The smallest absolute Gasteiger partial charge is 0.303 e. The van der Waals surface area contributed by atoms with Gasteiger partial charge in [-0.15, -0.1) is 0 Å². The molecule has 0 saturated carbocycles. The number of aliphatic carboxylic acids is 1. The molecule has 0 rings (SSSR count). The maximum Gasteiger partial charge on any atom is 0.303 e. The summed E-state index contributed by atoms with van der Waals surface area (Å²) in [5.41, 5.74) is 0. The third-order valence-electron chi connectivity index (χ3n) is 0.994. The van der Waals surface area contributed by atoms with Crippen molar-refractivity contribution in [3.63, 3.8) is 0 Å². The standard InChI is InChI=1S/C6H12O2.C2H6.Ni/c1-2-3-4-5-6(7)8;1-2;/h2-5H2,1H3,(H,7,8);1-2H3;. The van der Waals surface area contributed by atoms with E-state index in [1.165, 1.54) is 0 Å². The van der Waals surface area contributed by atoms with Crippen LogP contribution in [0.25, 0.3) is 0 Å². The molecule has 0 heterocycles. The van der Waals surface area contributed by atoms with E-state index in [2.05, 4.69) is 6.92 Å². The summed E-state index contributed by atoms with van der Waals surface area (Å²) in [5, 5.41) is 8.14. The van der Waals surface area contributed by atoms with Gasteiger partial charge in [0.25, 0.3) is 0 Å². The molecule has 0 spiro atoms. The summed E-state index contributed by atoms with van der Waals surface area (Å²) in [6.07, 6.45) is 3.28. The summed E-state index contributed by atoms with van der Waals surface area (Å²) in [6.45, 7) is 6.06. The largest absolute Gasteiger partial charge is 0.481 e. The molecular formula is C8H18NiO2. The molecule has 0 aromatic heterocycles. The fourth-order valence-electron chi connectivity index (χ4n) is 0.526. The predicted octanol–water partition coefficient (Wildman–Crippen LogP) is 2.68. The zero-order valence-electron chi connectivity index (χ0n) is 7.50. The molecule has 2 nitrogen and oxygen atoms in total. The third kappa shape index (κ3) is 25.6. The van der Waals surface area contributed by atoms with Crippen LogP contribution in [0.3, 0.4) is 0 Å². The summed E-state index contributed by atoms with van der Waals surface area (Å²) < 4.78 is 0. The molecule has 0 bridgehead atoms. The Morgan fingerprint density at radius 3 is 2.00 bits per heavy atom. The average Bonchev–Trinajstić information content (AvgIpc) is 1.92. The molecule has 0 unspecified atom stereocenters. The molecule has 0 aliphatic rings. The summed E-state index contributed by atoms with van der Waals surface area (Å²) in [5.74, 6) is -0.682. The summed E-state index contributed by atoms with van der Waals surface area (Å²) >= 11 is 0. The molecule has 0 aromatic carbocycles. The second-order valence-electron chi connectivity index (χ2n) is 1.85. The topological polar surface area (TPSA) is 37.3 Å². The maximum atomic E-state index is 9.87. The Morgan fingerprint density at radius 2 is 1.73 bits per heavy atom. The van der Waals surface area contributed by atoms with Crippen LogP contribution in [-0.2, 0) is 21.3 Å². The van der Waals surface area contributed by atoms with E-state index in [1.54, 1.807) is 0 Å². The number of hydrogen-bond acceptors (Lipinski definition) is 1. The molecule has 0 fully saturated rings. The van der Waals surface area contributed by atoms with Crippen LogP contribution < -0.4 is 0 Å². The molecular weight excluding hydrogens is 187 g/mol. The van der Waals surface area contributed by atoms with Crippen molar-refractivity contribution in [1.82, 2.24) is 0 Å². The van der Waals surface area contributed by atoms with Gasteiger partial charge in [0.05, 0.1) is 0 Å². The molecule has 0 amide bonds. The Kier molecular flexibility index (Phi) is 25.8. The summed E-state index contributed by atoms with van der Waals surface area (Å²) in [4.78, 5) is 9.87. The molecule has 0 aromatic rings. The first-order valence-electron chi connectivity index (χ1n) is 3.99. The molecule has 0 atom stereocenters. The van der Waals surface area contributed by atoms with E-state index in [9.17, 15) is 4.79 Å². The van der Waals surface area contributed by atoms with Crippen LogP contribution in [-0.4, -0.2) is 11.1 Å². The number of unbranched alkanes of at least 4 members (excludes halogenated alkanes) is 2. The summed E-state index contributed by atoms with van der Waals surface area (Å²) in [7, 11) is 0. The van der Waals surface area contributed by atoms with E-state index in [0.717, 1.165) is 19.3 Å². The predicted molar refractivity (Wildman–Crippen MR) is 43.1 cm³/mol. The minimum absolute atomic E-state index is 0. The van der Waals surface area contributed by atoms with Gasteiger partial charge >= 0.3 is 5.97 Å². The van der Waals surface area contributed by atoms with Crippen LogP contribution in [0.15, 0.2) is 0 Å². The van der Waals surface area contributed by atoms with Crippen molar-refractivity contribution in [2.24, 2.45) is 0 Å². The fourth-order valence-corrected chi connectivity index (χ4v) is 0.526. The monoisotopic (exact) mass is 204 g/mol. The molecule has 0 radical (unpaired) electrons. The molecule has 3 heteroatoms. The minimum atomic E-state index is -0.682. The molecule has 0 saturated heterocycles. The zero-order chi connectivity index (χ0) is 8.41. The average molecular weight is 205 g/mol. The number of carboxylic acid groups (broad SMARTS) is 1. The Balaban J connectivity index is -0.000000196. The SMILES string of the molecule is CC.CCCCCC(=O)O.[Ni]. The van der Waals surface area contributed by atoms with E-state index < -0.39 is 5.97 Å². The maximum absolute atomic E-state index is 9.87. The van der Waals surface area contributed by atoms with Gasteiger partial charge in [0, 0.05) is 22.9 Å². The van der Waals surface area contributed by atoms with Gasteiger partial charge < -0.3 is 5.11 Å². The van der Waals surface area contributed by atoms with E-state index in [0.29, 0.717) is 6.42 Å². The van der Waals surface area contributed by atoms with Crippen molar-refractivity contribution in [3.05, 3.63) is 0 Å². The summed E-state index contributed by atoms with van der Waals surface area (Å²) in [6, 6.07) is 0. The quantitative estimate of drug-likeness (QED) is 0.565. The van der Waals surface area contributed by atoms with Crippen LogP contribution in [0.1, 0.15) is 46.5 Å². The van der Waals surface area contributed by atoms with Crippen molar-refractivity contribution < 1.29 is 26.4 Å². The van der Waals surface area contributed by atoms with Crippen LogP contribution >= 0.6 is 0 Å². The van der Waals surface area contributed by atoms with Gasteiger partial charge in [-0.1, -0.05) is 33.6 Å². The van der Waals surface area contributed by atoms with Crippen molar-refractivity contribution >= 4 is 5.97 Å². The Hall–Kier alpha value is -0.0365. The van der Waals surface area contributed by atoms with E-state index >= 15 is 0 Å². The zero-order valence-corrected chi connectivity index (χ0v) is 8.49. The van der Waals surface area contributed by atoms with E-state index in [-0.39, 0.29) is 16.5 Å². The molecule has 1 N–H and O–H groups in total. The number of carbonyl (C=O) groups is 1. The van der Waals surface area contributed by atoms with Gasteiger partial charge in [-0.2, -0.15) is 0 Å². The van der Waals surface area contributed by atoms with Crippen LogP contribution in [0, 0.1) is 0 Å². The molecule has 11 heavy (non-hydrogen) atoms. The second-order valence-corrected chi connectivity index (χ2v) is 1.85. The van der Waals surface area contributed by atoms with Gasteiger partial charge in [-0.25, -0.2) is 0 Å². The van der Waals surface area contributed by atoms with Gasteiger partial charge in [0.15, 0.2) is 0 Å². The first-order valence-corrected chi connectivity index (χ1v) is 3.99. The van der Waals surface area contributed by atoms with Crippen LogP contribution in [0.4, 0.5) is 0 Å². The van der Waals surface area contributed by atoms with E-state index in [4.69, 9.17) is 5.11 Å². The van der Waals surface area contributed by atoms with Gasteiger partial charge in [0.2, 0.25) is 0 Å². The Bertz CT molecular complexity index is 74.5. The van der Waals surface area contributed by atoms with Crippen molar-refractivity contribution in [2.75, 3.05) is 0 Å². The molecule has 0 aliphatic carbocycles. The molecule has 0 aliphatic heterocycles. The van der Waals surface area contributed by atoms with Gasteiger partial charge in [-0.3, -0.25) is 4.79 Å². The van der Waals surface area contributed by atoms with Gasteiger partial charge in [0.1, 0.15) is 0 Å². The second kappa shape index (κ2) is 16.5.